The van der Waals surface area contributed by atoms with Crippen LogP contribution in [0.15, 0.2) is 48.7 Å². The van der Waals surface area contributed by atoms with Gasteiger partial charge in [-0.3, -0.25) is 0 Å². The van der Waals surface area contributed by atoms with Crippen molar-refractivity contribution in [2.24, 2.45) is 0 Å². The van der Waals surface area contributed by atoms with Gasteiger partial charge in [0.15, 0.2) is 0 Å². The number of aromatic amines is 1. The molecule has 1 N–H and O–H groups in total. The summed E-state index contributed by atoms with van der Waals surface area (Å²) in [6.07, 6.45) is 1.81. The summed E-state index contributed by atoms with van der Waals surface area (Å²) in [6, 6.07) is 14.4. The second kappa shape index (κ2) is 5.50. The van der Waals surface area contributed by atoms with Gasteiger partial charge in [0.2, 0.25) is 0 Å². The molecule has 0 saturated heterocycles. The summed E-state index contributed by atoms with van der Waals surface area (Å²) < 4.78 is 0. The third-order valence-corrected chi connectivity index (χ3v) is 2.89. The van der Waals surface area contributed by atoms with E-state index in [1.54, 1.807) is 0 Å². The Morgan fingerprint density at radius 3 is 2.33 bits per heavy atom. The van der Waals surface area contributed by atoms with E-state index in [9.17, 15) is 0 Å². The molecule has 0 fully saturated rings. The number of hydrogen-bond donors (Lipinski definition) is 1. The number of aromatic nitrogens is 2. The molecule has 0 aliphatic carbocycles. The first-order chi connectivity index (χ1) is 8.86. The van der Waals surface area contributed by atoms with Crippen molar-refractivity contribution >= 4 is 11.0 Å². The zero-order valence-corrected chi connectivity index (χ0v) is 11.1. The molecule has 0 aliphatic heterocycles. The molecule has 2 heteroatoms. The fourth-order valence-electron chi connectivity index (χ4n) is 2.05. The van der Waals surface area contributed by atoms with Crippen LogP contribution in [-0.2, 0) is 0 Å². The predicted octanol–water partition coefficient (Wildman–Crippen LogP) is 4.56. The van der Waals surface area contributed by atoms with Crippen LogP contribution in [0.4, 0.5) is 0 Å². The number of aryl methyl sites for hydroxylation is 1. The Hall–Kier alpha value is -2.09. The molecule has 0 saturated carbocycles. The molecule has 3 rings (SSSR count). The standard InChI is InChI=1S/C14H12N2.C2H6/c1-10-12-8-5-9-15-14(12)16-13(10)11-6-3-2-4-7-11;1-2/h2-9H,1H3,(H,15,16);1-2H3. The van der Waals surface area contributed by atoms with Crippen LogP contribution in [0.3, 0.4) is 0 Å². The summed E-state index contributed by atoms with van der Waals surface area (Å²) in [7, 11) is 0. The SMILES string of the molecule is CC.Cc1c(-c2ccccc2)[nH]c2ncccc12. The van der Waals surface area contributed by atoms with Crippen LogP contribution in [0.25, 0.3) is 22.3 Å². The van der Waals surface area contributed by atoms with Gasteiger partial charge in [0.1, 0.15) is 5.65 Å². The van der Waals surface area contributed by atoms with Crippen LogP contribution < -0.4 is 0 Å². The lowest BCUT2D eigenvalue weighted by Crippen LogP contribution is -1.79. The van der Waals surface area contributed by atoms with Gasteiger partial charge in [-0.05, 0) is 30.2 Å². The van der Waals surface area contributed by atoms with Gasteiger partial charge in [0.05, 0.1) is 5.69 Å². The summed E-state index contributed by atoms with van der Waals surface area (Å²) in [4.78, 5) is 7.70. The van der Waals surface area contributed by atoms with Gasteiger partial charge in [0, 0.05) is 11.6 Å². The van der Waals surface area contributed by atoms with E-state index in [0.29, 0.717) is 0 Å². The van der Waals surface area contributed by atoms with Crippen LogP contribution in [-0.4, -0.2) is 9.97 Å². The van der Waals surface area contributed by atoms with Gasteiger partial charge < -0.3 is 4.98 Å². The molecule has 92 valence electrons. The molecule has 0 amide bonds. The quantitative estimate of drug-likeness (QED) is 0.661. The van der Waals surface area contributed by atoms with Crippen molar-refractivity contribution in [2.45, 2.75) is 20.8 Å². The lowest BCUT2D eigenvalue weighted by molar-refractivity contribution is 1.32. The number of nitrogens with one attached hydrogen (secondary N) is 1. The van der Waals surface area contributed by atoms with Gasteiger partial charge in [-0.1, -0.05) is 44.2 Å². The van der Waals surface area contributed by atoms with Crippen molar-refractivity contribution in [3.63, 3.8) is 0 Å². The Morgan fingerprint density at radius 1 is 0.944 bits per heavy atom. The van der Waals surface area contributed by atoms with E-state index < -0.39 is 0 Å². The molecule has 0 spiro atoms. The number of nitrogens with zero attached hydrogens (tertiary/aromatic N) is 1. The maximum Gasteiger partial charge on any atom is 0.137 e. The first-order valence-corrected chi connectivity index (χ1v) is 6.35. The Bertz CT molecular complexity index is 624. The zero-order chi connectivity index (χ0) is 13.0. The molecule has 2 heterocycles. The Morgan fingerprint density at radius 2 is 1.67 bits per heavy atom. The smallest absolute Gasteiger partial charge is 0.137 e. The lowest BCUT2D eigenvalue weighted by Gasteiger charge is -1.98. The van der Waals surface area contributed by atoms with Gasteiger partial charge in [0.25, 0.3) is 0 Å². The van der Waals surface area contributed by atoms with Crippen LogP contribution >= 0.6 is 0 Å². The number of hydrogen-bond acceptors (Lipinski definition) is 1. The van der Waals surface area contributed by atoms with Crippen LogP contribution in [0, 0.1) is 6.92 Å². The van der Waals surface area contributed by atoms with E-state index in [2.05, 4.69) is 35.1 Å². The predicted molar refractivity (Wildman–Crippen MR) is 77.6 cm³/mol. The first-order valence-electron chi connectivity index (χ1n) is 6.35. The second-order valence-corrected chi connectivity index (χ2v) is 3.89. The molecule has 18 heavy (non-hydrogen) atoms. The fourth-order valence-corrected chi connectivity index (χ4v) is 2.05. The first kappa shape index (κ1) is 12.4. The fraction of sp³-hybridized carbons (Fsp3) is 0.188. The van der Waals surface area contributed by atoms with Crippen molar-refractivity contribution in [3.05, 3.63) is 54.2 Å². The molecular weight excluding hydrogens is 220 g/mol. The second-order valence-electron chi connectivity index (χ2n) is 3.89. The number of fused-ring (bicyclic) bond motifs is 1. The Balaban J connectivity index is 0.000000574. The lowest BCUT2D eigenvalue weighted by atomic mass is 10.1. The molecule has 3 aromatic rings. The van der Waals surface area contributed by atoms with Gasteiger partial charge >= 0.3 is 0 Å². The minimum Gasteiger partial charge on any atom is -0.339 e. The molecule has 0 atom stereocenters. The molecule has 2 aromatic heterocycles. The van der Waals surface area contributed by atoms with E-state index in [4.69, 9.17) is 0 Å². The van der Waals surface area contributed by atoms with Crippen molar-refractivity contribution < 1.29 is 0 Å². The van der Waals surface area contributed by atoms with Gasteiger partial charge in [-0.25, -0.2) is 4.98 Å². The molecule has 0 aliphatic rings. The molecule has 0 unspecified atom stereocenters. The van der Waals surface area contributed by atoms with Crippen LogP contribution in [0.2, 0.25) is 0 Å². The summed E-state index contributed by atoms with van der Waals surface area (Å²) in [5.41, 5.74) is 4.58. The number of pyridine rings is 1. The number of rotatable bonds is 1. The maximum atomic E-state index is 4.33. The largest absolute Gasteiger partial charge is 0.339 e. The van der Waals surface area contributed by atoms with E-state index >= 15 is 0 Å². The molecular formula is C16H18N2. The van der Waals surface area contributed by atoms with E-state index in [1.807, 2.05) is 44.3 Å². The van der Waals surface area contributed by atoms with Crippen molar-refractivity contribution in [1.82, 2.24) is 9.97 Å². The van der Waals surface area contributed by atoms with E-state index in [-0.39, 0.29) is 0 Å². The average molecular weight is 238 g/mol. The Kier molecular flexibility index (Phi) is 3.78. The summed E-state index contributed by atoms with van der Waals surface area (Å²) in [6.45, 7) is 6.13. The van der Waals surface area contributed by atoms with E-state index in [1.165, 1.54) is 16.5 Å². The average Bonchev–Trinajstić information content (AvgIpc) is 2.80. The van der Waals surface area contributed by atoms with Crippen molar-refractivity contribution in [3.8, 4) is 11.3 Å². The van der Waals surface area contributed by atoms with Crippen molar-refractivity contribution in [1.29, 1.82) is 0 Å². The van der Waals surface area contributed by atoms with Gasteiger partial charge in [-0.15, -0.1) is 0 Å². The highest BCUT2D eigenvalue weighted by Crippen LogP contribution is 2.27. The highest BCUT2D eigenvalue weighted by Gasteiger charge is 2.08. The zero-order valence-electron chi connectivity index (χ0n) is 11.1. The van der Waals surface area contributed by atoms with Gasteiger partial charge in [-0.2, -0.15) is 0 Å². The highest BCUT2D eigenvalue weighted by molar-refractivity contribution is 5.87. The third kappa shape index (κ3) is 2.14. The number of H-pyrrole nitrogens is 1. The third-order valence-electron chi connectivity index (χ3n) is 2.89. The van der Waals surface area contributed by atoms with Crippen LogP contribution in [0.5, 0.6) is 0 Å². The topological polar surface area (TPSA) is 28.7 Å². The Labute approximate surface area is 108 Å². The summed E-state index contributed by atoms with van der Waals surface area (Å²) in [5.74, 6) is 0. The normalized spacial score (nSPS) is 9.94. The minimum atomic E-state index is 0.957. The van der Waals surface area contributed by atoms with Crippen molar-refractivity contribution in [2.75, 3.05) is 0 Å². The minimum absolute atomic E-state index is 0.957. The van der Waals surface area contributed by atoms with Crippen LogP contribution in [0.1, 0.15) is 19.4 Å². The molecule has 0 bridgehead atoms. The maximum absolute atomic E-state index is 4.33. The summed E-state index contributed by atoms with van der Waals surface area (Å²) in [5, 5.41) is 1.20. The van der Waals surface area contributed by atoms with E-state index in [0.717, 1.165) is 11.3 Å². The molecule has 1 aromatic carbocycles. The highest BCUT2D eigenvalue weighted by atomic mass is 14.9. The molecule has 2 nitrogen and oxygen atoms in total. The monoisotopic (exact) mass is 238 g/mol. The summed E-state index contributed by atoms with van der Waals surface area (Å²) >= 11 is 0. The number of benzene rings is 1. The molecule has 0 radical (unpaired) electrons.